The predicted octanol–water partition coefficient (Wildman–Crippen LogP) is 5.28. The van der Waals surface area contributed by atoms with E-state index in [-0.39, 0.29) is 6.04 Å². The summed E-state index contributed by atoms with van der Waals surface area (Å²) in [5.74, 6) is 0. The minimum absolute atomic E-state index is 0.164. The summed E-state index contributed by atoms with van der Waals surface area (Å²) in [7, 11) is -3.53. The Morgan fingerprint density at radius 1 is 0.923 bits per heavy atom. The molecule has 1 aromatic heterocycles. The molecule has 0 spiro atoms. The molecule has 2 aromatic carbocycles. The van der Waals surface area contributed by atoms with Gasteiger partial charge in [0.25, 0.3) is 10.0 Å². The van der Waals surface area contributed by atoms with E-state index >= 15 is 0 Å². The number of anilines is 2. The number of aryl methyl sites for hydroxylation is 1. The standard InChI is InChI=1S/C20H22N2O2S2/c1-3-19-13-14-20(25-19)26(23,24)22-18-11-9-17(10-12-18)21-15(2)16-7-5-4-6-8-16/h4-15,21-22H,3H2,1-2H3. The van der Waals surface area contributed by atoms with Crippen molar-refractivity contribution in [3.63, 3.8) is 0 Å². The lowest BCUT2D eigenvalue weighted by Crippen LogP contribution is -2.11. The van der Waals surface area contributed by atoms with E-state index in [9.17, 15) is 8.42 Å². The molecule has 0 saturated heterocycles. The van der Waals surface area contributed by atoms with Crippen LogP contribution in [0.15, 0.2) is 70.9 Å². The van der Waals surface area contributed by atoms with E-state index in [4.69, 9.17) is 0 Å². The van der Waals surface area contributed by atoms with E-state index < -0.39 is 10.0 Å². The van der Waals surface area contributed by atoms with Gasteiger partial charge in [-0.15, -0.1) is 11.3 Å². The van der Waals surface area contributed by atoms with Crippen LogP contribution in [0.3, 0.4) is 0 Å². The zero-order chi connectivity index (χ0) is 18.6. The first-order valence-electron chi connectivity index (χ1n) is 8.51. The summed E-state index contributed by atoms with van der Waals surface area (Å²) in [5, 5.41) is 3.42. The van der Waals surface area contributed by atoms with Crippen molar-refractivity contribution in [2.45, 2.75) is 30.5 Å². The van der Waals surface area contributed by atoms with Crippen molar-refractivity contribution in [3.05, 3.63) is 77.2 Å². The second-order valence-corrected chi connectivity index (χ2v) is 9.11. The van der Waals surface area contributed by atoms with Gasteiger partial charge in [0.1, 0.15) is 4.21 Å². The number of nitrogens with one attached hydrogen (secondary N) is 2. The molecule has 4 nitrogen and oxygen atoms in total. The maximum Gasteiger partial charge on any atom is 0.271 e. The lowest BCUT2D eigenvalue weighted by molar-refractivity contribution is 0.603. The van der Waals surface area contributed by atoms with E-state index in [0.717, 1.165) is 17.0 Å². The minimum Gasteiger partial charge on any atom is -0.379 e. The molecule has 6 heteroatoms. The van der Waals surface area contributed by atoms with Crippen LogP contribution in [0.4, 0.5) is 11.4 Å². The molecular formula is C20H22N2O2S2. The van der Waals surface area contributed by atoms with Gasteiger partial charge < -0.3 is 5.32 Å². The van der Waals surface area contributed by atoms with Crippen LogP contribution in [-0.4, -0.2) is 8.42 Å². The maximum atomic E-state index is 12.5. The average Bonchev–Trinajstić information content (AvgIpc) is 3.14. The zero-order valence-electron chi connectivity index (χ0n) is 14.8. The van der Waals surface area contributed by atoms with Crippen LogP contribution in [0.2, 0.25) is 0 Å². The first kappa shape index (κ1) is 18.5. The molecule has 2 N–H and O–H groups in total. The maximum absolute atomic E-state index is 12.5. The van der Waals surface area contributed by atoms with Gasteiger partial charge in [-0.1, -0.05) is 37.3 Å². The van der Waals surface area contributed by atoms with Crippen LogP contribution in [0.5, 0.6) is 0 Å². The summed E-state index contributed by atoms with van der Waals surface area (Å²) in [5.41, 5.74) is 2.68. The van der Waals surface area contributed by atoms with Crippen LogP contribution in [0, 0.1) is 0 Å². The van der Waals surface area contributed by atoms with Crippen LogP contribution < -0.4 is 10.0 Å². The Morgan fingerprint density at radius 3 is 2.19 bits per heavy atom. The highest BCUT2D eigenvalue weighted by Gasteiger charge is 2.16. The third-order valence-corrected chi connectivity index (χ3v) is 7.17. The Bertz CT molecular complexity index is 949. The van der Waals surface area contributed by atoms with Crippen LogP contribution >= 0.6 is 11.3 Å². The molecule has 26 heavy (non-hydrogen) atoms. The van der Waals surface area contributed by atoms with E-state index in [0.29, 0.717) is 9.90 Å². The molecule has 136 valence electrons. The highest BCUT2D eigenvalue weighted by molar-refractivity contribution is 7.94. The lowest BCUT2D eigenvalue weighted by Gasteiger charge is -2.16. The molecule has 0 aliphatic carbocycles. The highest BCUT2D eigenvalue weighted by atomic mass is 32.2. The summed E-state index contributed by atoms with van der Waals surface area (Å²) in [6.45, 7) is 4.10. The molecule has 0 amide bonds. The molecule has 3 aromatic rings. The van der Waals surface area contributed by atoms with Gasteiger partial charge >= 0.3 is 0 Å². The largest absolute Gasteiger partial charge is 0.379 e. The quantitative estimate of drug-likeness (QED) is 0.580. The van der Waals surface area contributed by atoms with Crippen LogP contribution in [0.25, 0.3) is 0 Å². The van der Waals surface area contributed by atoms with Crippen molar-refractivity contribution in [3.8, 4) is 0 Å². The van der Waals surface area contributed by atoms with Gasteiger partial charge in [-0.3, -0.25) is 4.72 Å². The summed E-state index contributed by atoms with van der Waals surface area (Å²) in [6.07, 6.45) is 0.833. The molecule has 0 aliphatic rings. The number of benzene rings is 2. The van der Waals surface area contributed by atoms with E-state index in [1.165, 1.54) is 16.9 Å². The number of hydrogen-bond donors (Lipinski definition) is 2. The number of sulfonamides is 1. The fraction of sp³-hybridized carbons (Fsp3) is 0.200. The summed E-state index contributed by atoms with van der Waals surface area (Å²) in [6, 6.07) is 21.1. The van der Waals surface area contributed by atoms with Crippen molar-refractivity contribution < 1.29 is 8.42 Å². The molecule has 0 radical (unpaired) electrons. The number of rotatable bonds is 7. The number of hydrogen-bond acceptors (Lipinski definition) is 4. The molecule has 0 saturated carbocycles. The SMILES string of the molecule is CCc1ccc(S(=O)(=O)Nc2ccc(NC(C)c3ccccc3)cc2)s1. The first-order chi connectivity index (χ1) is 12.5. The van der Waals surface area contributed by atoms with Crippen LogP contribution in [-0.2, 0) is 16.4 Å². The van der Waals surface area contributed by atoms with Gasteiger partial charge in [-0.05, 0) is 55.3 Å². The second-order valence-electron chi connectivity index (χ2n) is 6.03. The van der Waals surface area contributed by atoms with E-state index in [2.05, 4.69) is 29.1 Å². The monoisotopic (exact) mass is 386 g/mol. The Hall–Kier alpha value is -2.31. The fourth-order valence-electron chi connectivity index (χ4n) is 2.61. The summed E-state index contributed by atoms with van der Waals surface area (Å²) >= 11 is 1.31. The van der Waals surface area contributed by atoms with Gasteiger partial charge in [0, 0.05) is 22.3 Å². The lowest BCUT2D eigenvalue weighted by atomic mass is 10.1. The van der Waals surface area contributed by atoms with Crippen molar-refractivity contribution >= 4 is 32.7 Å². The van der Waals surface area contributed by atoms with Gasteiger partial charge in [-0.25, -0.2) is 8.42 Å². The summed E-state index contributed by atoms with van der Waals surface area (Å²) in [4.78, 5) is 1.06. The molecule has 1 unspecified atom stereocenters. The Morgan fingerprint density at radius 2 is 1.58 bits per heavy atom. The minimum atomic E-state index is -3.53. The molecule has 0 bridgehead atoms. The molecule has 3 rings (SSSR count). The van der Waals surface area contributed by atoms with Crippen molar-refractivity contribution in [2.24, 2.45) is 0 Å². The van der Waals surface area contributed by atoms with Crippen molar-refractivity contribution in [1.82, 2.24) is 0 Å². The van der Waals surface area contributed by atoms with Gasteiger partial charge in [0.2, 0.25) is 0 Å². The Labute approximate surface area is 159 Å². The van der Waals surface area contributed by atoms with E-state index in [1.807, 2.05) is 43.3 Å². The van der Waals surface area contributed by atoms with Gasteiger partial charge in [0.05, 0.1) is 0 Å². The summed E-state index contributed by atoms with van der Waals surface area (Å²) < 4.78 is 27.9. The second kappa shape index (κ2) is 7.93. The molecule has 1 heterocycles. The van der Waals surface area contributed by atoms with Crippen LogP contribution in [0.1, 0.15) is 30.3 Å². The Balaban J connectivity index is 1.67. The third kappa shape index (κ3) is 4.45. The zero-order valence-corrected chi connectivity index (χ0v) is 16.4. The average molecular weight is 387 g/mol. The third-order valence-electron chi connectivity index (χ3n) is 4.07. The van der Waals surface area contributed by atoms with Crippen molar-refractivity contribution in [1.29, 1.82) is 0 Å². The topological polar surface area (TPSA) is 58.2 Å². The molecule has 1 atom stereocenters. The Kier molecular flexibility index (Phi) is 5.64. The smallest absolute Gasteiger partial charge is 0.271 e. The fourth-order valence-corrected chi connectivity index (χ4v) is 4.96. The molecule has 0 fully saturated rings. The predicted molar refractivity (Wildman–Crippen MR) is 109 cm³/mol. The number of thiophene rings is 1. The van der Waals surface area contributed by atoms with Gasteiger partial charge in [-0.2, -0.15) is 0 Å². The first-order valence-corrected chi connectivity index (χ1v) is 10.8. The molecular weight excluding hydrogens is 364 g/mol. The molecule has 0 aliphatic heterocycles. The van der Waals surface area contributed by atoms with Gasteiger partial charge in [0.15, 0.2) is 0 Å². The highest BCUT2D eigenvalue weighted by Crippen LogP contribution is 2.26. The van der Waals surface area contributed by atoms with E-state index in [1.54, 1.807) is 18.2 Å². The van der Waals surface area contributed by atoms with Crippen molar-refractivity contribution in [2.75, 3.05) is 10.0 Å². The normalized spacial score (nSPS) is 12.5.